The van der Waals surface area contributed by atoms with Crippen LogP contribution in [0.4, 0.5) is 0 Å². The highest BCUT2D eigenvalue weighted by molar-refractivity contribution is 6.39. The summed E-state index contributed by atoms with van der Waals surface area (Å²) in [6.45, 7) is 1.76. The van der Waals surface area contributed by atoms with Crippen molar-refractivity contribution in [2.24, 2.45) is 0 Å². The molecule has 1 aliphatic rings. The molecule has 1 aromatic heterocycles. The largest absolute Gasteiger partial charge is 0.461 e. The predicted octanol–water partition coefficient (Wildman–Crippen LogP) is 3.02. The molecule has 0 unspecified atom stereocenters. The number of aryl methyl sites for hydroxylation is 1. The van der Waals surface area contributed by atoms with Gasteiger partial charge in [-0.3, -0.25) is 9.59 Å². The van der Waals surface area contributed by atoms with Gasteiger partial charge in [0.2, 0.25) is 5.78 Å². The van der Waals surface area contributed by atoms with Gasteiger partial charge in [0, 0.05) is 11.5 Å². The van der Waals surface area contributed by atoms with E-state index in [2.05, 4.69) is 0 Å². The first kappa shape index (κ1) is 11.1. The topological polar surface area (TPSA) is 47.3 Å². The summed E-state index contributed by atoms with van der Waals surface area (Å²) in [5.74, 6) is -0.363. The quantitative estimate of drug-likeness (QED) is 0.588. The van der Waals surface area contributed by atoms with E-state index in [1.54, 1.807) is 13.0 Å². The smallest absolute Gasteiger partial charge is 0.233 e. The molecule has 16 heavy (non-hydrogen) atoms. The van der Waals surface area contributed by atoms with Crippen LogP contribution in [0.5, 0.6) is 0 Å². The van der Waals surface area contributed by atoms with E-state index in [-0.39, 0.29) is 17.1 Å². The van der Waals surface area contributed by atoms with E-state index in [4.69, 9.17) is 16.0 Å². The fourth-order valence-corrected chi connectivity index (χ4v) is 2.10. The molecule has 0 amide bonds. The highest BCUT2D eigenvalue weighted by atomic mass is 35.5. The number of hydrogen-bond acceptors (Lipinski definition) is 3. The van der Waals surface area contributed by atoms with Gasteiger partial charge in [-0.1, -0.05) is 11.6 Å². The van der Waals surface area contributed by atoms with E-state index in [1.165, 1.54) is 6.26 Å². The van der Waals surface area contributed by atoms with Crippen molar-refractivity contribution in [1.29, 1.82) is 0 Å². The molecule has 0 atom stereocenters. The Morgan fingerprint density at radius 1 is 1.44 bits per heavy atom. The maximum absolute atomic E-state index is 12.0. The van der Waals surface area contributed by atoms with E-state index in [1.807, 2.05) is 0 Å². The summed E-state index contributed by atoms with van der Waals surface area (Å²) in [6.07, 6.45) is 3.13. The number of furan rings is 1. The van der Waals surface area contributed by atoms with Crippen LogP contribution in [-0.2, 0) is 4.79 Å². The van der Waals surface area contributed by atoms with Crippen molar-refractivity contribution in [2.45, 2.75) is 26.2 Å². The highest BCUT2D eigenvalue weighted by Gasteiger charge is 2.28. The van der Waals surface area contributed by atoms with Gasteiger partial charge in [-0.25, -0.2) is 0 Å². The number of allylic oxidation sites excluding steroid dienone is 2. The van der Waals surface area contributed by atoms with Crippen LogP contribution < -0.4 is 0 Å². The summed E-state index contributed by atoms with van der Waals surface area (Å²) < 4.78 is 5.08. The molecule has 0 bridgehead atoms. The van der Waals surface area contributed by atoms with E-state index >= 15 is 0 Å². The molecule has 2 rings (SSSR count). The summed E-state index contributed by atoms with van der Waals surface area (Å²) in [6, 6.07) is 1.69. The number of halogens is 1. The van der Waals surface area contributed by atoms with Gasteiger partial charge in [0.15, 0.2) is 11.5 Å². The van der Waals surface area contributed by atoms with Gasteiger partial charge >= 0.3 is 0 Å². The first-order valence-corrected chi connectivity index (χ1v) is 5.49. The molecule has 4 heteroatoms. The lowest BCUT2D eigenvalue weighted by Crippen LogP contribution is -2.18. The molecule has 0 radical (unpaired) electrons. The maximum Gasteiger partial charge on any atom is 0.233 e. The van der Waals surface area contributed by atoms with Crippen LogP contribution in [0.1, 0.15) is 35.4 Å². The van der Waals surface area contributed by atoms with Crippen LogP contribution in [0.3, 0.4) is 0 Å². The molecule has 1 aliphatic carbocycles. The van der Waals surface area contributed by atoms with Crippen molar-refractivity contribution < 1.29 is 14.0 Å². The molecule has 1 heterocycles. The van der Waals surface area contributed by atoms with Crippen molar-refractivity contribution in [3.63, 3.8) is 0 Å². The number of carbonyl (C=O) groups is 2. The minimum atomic E-state index is -0.391. The first-order valence-electron chi connectivity index (χ1n) is 5.12. The van der Waals surface area contributed by atoms with Crippen molar-refractivity contribution >= 4 is 23.2 Å². The van der Waals surface area contributed by atoms with Gasteiger partial charge in [0.25, 0.3) is 0 Å². The average Bonchev–Trinajstić information content (AvgIpc) is 2.64. The maximum atomic E-state index is 12.0. The Hall–Kier alpha value is -1.35. The molecule has 84 valence electrons. The van der Waals surface area contributed by atoms with Gasteiger partial charge in [-0.15, -0.1) is 0 Å². The second-order valence-corrected chi connectivity index (χ2v) is 4.27. The molecule has 0 fully saturated rings. The van der Waals surface area contributed by atoms with E-state index < -0.39 is 5.78 Å². The summed E-state index contributed by atoms with van der Waals surface area (Å²) in [5.41, 5.74) is 0.825. The van der Waals surface area contributed by atoms with Crippen molar-refractivity contribution in [3.8, 4) is 0 Å². The van der Waals surface area contributed by atoms with Crippen LogP contribution in [0.2, 0.25) is 0 Å². The molecule has 1 aromatic rings. The molecular formula is C12H11ClO3. The predicted molar refractivity (Wildman–Crippen MR) is 59.5 cm³/mol. The Labute approximate surface area is 98.1 Å². The lowest BCUT2D eigenvalue weighted by atomic mass is 9.93. The number of carbonyl (C=O) groups excluding carboxylic acids is 2. The fraction of sp³-hybridized carbons (Fsp3) is 0.333. The van der Waals surface area contributed by atoms with Crippen LogP contribution in [0.15, 0.2) is 27.4 Å². The Balaban J connectivity index is 2.42. The van der Waals surface area contributed by atoms with Crippen LogP contribution in [-0.4, -0.2) is 11.6 Å². The standard InChI is InChI=1S/C12H11ClO3/c1-7-5-6-16-12(7)11(15)10-8(13)3-2-4-9(10)14/h5-6H,2-4H2,1H3. The third kappa shape index (κ3) is 1.83. The number of hydrogen-bond donors (Lipinski definition) is 0. The first-order chi connectivity index (χ1) is 7.61. The van der Waals surface area contributed by atoms with E-state index in [9.17, 15) is 9.59 Å². The van der Waals surface area contributed by atoms with E-state index in [0.717, 1.165) is 5.56 Å². The highest BCUT2D eigenvalue weighted by Crippen LogP contribution is 2.28. The molecule has 0 spiro atoms. The van der Waals surface area contributed by atoms with Crippen molar-refractivity contribution in [2.75, 3.05) is 0 Å². The third-order valence-corrected chi connectivity index (χ3v) is 3.02. The third-order valence-electron chi connectivity index (χ3n) is 2.65. The van der Waals surface area contributed by atoms with Crippen molar-refractivity contribution in [1.82, 2.24) is 0 Å². The van der Waals surface area contributed by atoms with Crippen molar-refractivity contribution in [3.05, 3.63) is 34.3 Å². The van der Waals surface area contributed by atoms with Crippen LogP contribution >= 0.6 is 11.6 Å². The van der Waals surface area contributed by atoms with Gasteiger partial charge < -0.3 is 4.42 Å². The average molecular weight is 239 g/mol. The van der Waals surface area contributed by atoms with Gasteiger partial charge in [-0.2, -0.15) is 0 Å². The minimum Gasteiger partial charge on any atom is -0.461 e. The number of rotatable bonds is 2. The summed E-state index contributed by atoms with van der Waals surface area (Å²) in [4.78, 5) is 23.7. The number of Topliss-reactive ketones (excluding diaryl/α,β-unsaturated/α-hetero) is 2. The molecule has 0 aromatic carbocycles. The number of ketones is 2. The summed E-state index contributed by atoms with van der Waals surface area (Å²) in [7, 11) is 0. The van der Waals surface area contributed by atoms with Gasteiger partial charge in [0.1, 0.15) is 0 Å². The lowest BCUT2D eigenvalue weighted by Gasteiger charge is -2.13. The van der Waals surface area contributed by atoms with Crippen LogP contribution in [0, 0.1) is 6.92 Å². The van der Waals surface area contributed by atoms with Gasteiger partial charge in [-0.05, 0) is 31.4 Å². The molecule has 0 aliphatic heterocycles. The Morgan fingerprint density at radius 2 is 2.19 bits per heavy atom. The summed E-state index contributed by atoms with van der Waals surface area (Å²) >= 11 is 5.94. The Morgan fingerprint density at radius 3 is 2.75 bits per heavy atom. The Bertz CT molecular complexity index is 482. The lowest BCUT2D eigenvalue weighted by molar-refractivity contribution is -0.115. The zero-order valence-electron chi connectivity index (χ0n) is 8.88. The minimum absolute atomic E-state index is 0.103. The zero-order chi connectivity index (χ0) is 11.7. The van der Waals surface area contributed by atoms with E-state index in [0.29, 0.717) is 24.3 Å². The molecule has 0 N–H and O–H groups in total. The SMILES string of the molecule is Cc1ccoc1C(=O)C1=C(Cl)CCCC1=O. The molecule has 0 saturated heterocycles. The normalized spacial score (nSPS) is 16.8. The molecule has 0 saturated carbocycles. The zero-order valence-corrected chi connectivity index (χ0v) is 9.63. The van der Waals surface area contributed by atoms with Gasteiger partial charge in [0.05, 0.1) is 11.8 Å². The molecule has 3 nitrogen and oxygen atoms in total. The second-order valence-electron chi connectivity index (χ2n) is 3.82. The fourth-order valence-electron chi connectivity index (χ4n) is 1.77. The monoisotopic (exact) mass is 238 g/mol. The second kappa shape index (κ2) is 4.26. The van der Waals surface area contributed by atoms with Crippen LogP contribution in [0.25, 0.3) is 0 Å². The Kier molecular flexibility index (Phi) is 2.97. The molecular weight excluding hydrogens is 228 g/mol. The summed E-state index contributed by atoms with van der Waals surface area (Å²) in [5, 5.41) is 0.358.